The van der Waals surface area contributed by atoms with Crippen molar-refractivity contribution >= 4 is 0 Å². The van der Waals surface area contributed by atoms with Gasteiger partial charge in [-0.1, -0.05) is 13.8 Å². The standard InChI is InChI=1S/C13H21F2N3/c1-10(2)16-6-12-7-17-18(9-12)8-11-3-4-13(14,15)5-11/h7,9-11,16H,3-6,8H2,1-2H3. The fraction of sp³-hybridized carbons (Fsp3) is 0.769. The lowest BCUT2D eigenvalue weighted by Crippen LogP contribution is -2.21. The number of hydrogen-bond acceptors (Lipinski definition) is 2. The Labute approximate surface area is 107 Å². The van der Waals surface area contributed by atoms with E-state index in [9.17, 15) is 8.78 Å². The van der Waals surface area contributed by atoms with Crippen LogP contribution >= 0.6 is 0 Å². The molecule has 102 valence electrons. The molecule has 1 unspecified atom stereocenters. The Balaban J connectivity index is 1.83. The lowest BCUT2D eigenvalue weighted by molar-refractivity contribution is 0.00423. The maximum absolute atomic E-state index is 13.1. The van der Waals surface area contributed by atoms with Crippen LogP contribution in [0.2, 0.25) is 0 Å². The van der Waals surface area contributed by atoms with Gasteiger partial charge < -0.3 is 5.32 Å². The molecule has 1 fully saturated rings. The predicted octanol–water partition coefficient (Wildman–Crippen LogP) is 2.82. The van der Waals surface area contributed by atoms with Gasteiger partial charge in [0.1, 0.15) is 0 Å². The third kappa shape index (κ3) is 3.77. The molecule has 1 atom stereocenters. The molecular weight excluding hydrogens is 236 g/mol. The summed E-state index contributed by atoms with van der Waals surface area (Å²) in [5.74, 6) is -2.40. The Morgan fingerprint density at radius 3 is 2.94 bits per heavy atom. The molecule has 1 aliphatic rings. The van der Waals surface area contributed by atoms with E-state index in [4.69, 9.17) is 0 Å². The van der Waals surface area contributed by atoms with Gasteiger partial charge in [-0.05, 0) is 12.3 Å². The predicted molar refractivity (Wildman–Crippen MR) is 66.5 cm³/mol. The zero-order chi connectivity index (χ0) is 13.2. The van der Waals surface area contributed by atoms with Gasteiger partial charge in [0.2, 0.25) is 5.92 Å². The smallest absolute Gasteiger partial charge is 0.248 e. The molecule has 1 heterocycles. The molecule has 0 aliphatic heterocycles. The van der Waals surface area contributed by atoms with Crippen molar-refractivity contribution in [1.29, 1.82) is 0 Å². The third-order valence-corrected chi connectivity index (χ3v) is 3.35. The van der Waals surface area contributed by atoms with Crippen molar-refractivity contribution in [2.24, 2.45) is 5.92 Å². The number of alkyl halides is 2. The first-order chi connectivity index (χ1) is 8.44. The first kappa shape index (κ1) is 13.5. The number of nitrogens with zero attached hydrogens (tertiary/aromatic N) is 2. The van der Waals surface area contributed by atoms with E-state index >= 15 is 0 Å². The summed E-state index contributed by atoms with van der Waals surface area (Å²) in [4.78, 5) is 0. The normalized spacial score (nSPS) is 22.8. The molecule has 0 saturated heterocycles. The van der Waals surface area contributed by atoms with Crippen LogP contribution < -0.4 is 5.32 Å². The second kappa shape index (κ2) is 5.34. The summed E-state index contributed by atoms with van der Waals surface area (Å²) in [6, 6.07) is 0.432. The zero-order valence-electron chi connectivity index (χ0n) is 11.0. The molecule has 0 bridgehead atoms. The molecular formula is C13H21F2N3. The Bertz CT molecular complexity index is 387. The van der Waals surface area contributed by atoms with E-state index in [1.807, 2.05) is 12.4 Å². The number of rotatable bonds is 5. The molecule has 1 saturated carbocycles. The van der Waals surface area contributed by atoms with Crippen molar-refractivity contribution < 1.29 is 8.78 Å². The highest BCUT2D eigenvalue weighted by atomic mass is 19.3. The molecule has 3 nitrogen and oxygen atoms in total. The average molecular weight is 257 g/mol. The minimum atomic E-state index is -2.46. The van der Waals surface area contributed by atoms with Gasteiger partial charge >= 0.3 is 0 Å². The zero-order valence-corrected chi connectivity index (χ0v) is 11.0. The van der Waals surface area contributed by atoms with Gasteiger partial charge in [-0.2, -0.15) is 5.10 Å². The molecule has 1 aromatic rings. The Kier molecular flexibility index (Phi) is 4.00. The molecule has 1 aliphatic carbocycles. The number of nitrogens with one attached hydrogen (secondary N) is 1. The van der Waals surface area contributed by atoms with Gasteiger partial charge in [0.05, 0.1) is 6.20 Å². The Hall–Kier alpha value is -0.970. The largest absolute Gasteiger partial charge is 0.310 e. The molecule has 0 aromatic carbocycles. The number of halogens is 2. The number of aromatic nitrogens is 2. The van der Waals surface area contributed by atoms with E-state index in [0.29, 0.717) is 19.0 Å². The molecule has 5 heteroatoms. The average Bonchev–Trinajstić information content (AvgIpc) is 2.83. The van der Waals surface area contributed by atoms with Crippen LogP contribution in [0.3, 0.4) is 0 Å². The van der Waals surface area contributed by atoms with E-state index < -0.39 is 5.92 Å². The summed E-state index contributed by atoms with van der Waals surface area (Å²) in [5.41, 5.74) is 1.11. The van der Waals surface area contributed by atoms with E-state index in [-0.39, 0.29) is 18.8 Å². The highest BCUT2D eigenvalue weighted by Gasteiger charge is 2.39. The lowest BCUT2D eigenvalue weighted by atomic mass is 10.1. The minimum Gasteiger partial charge on any atom is -0.310 e. The van der Waals surface area contributed by atoms with Crippen molar-refractivity contribution in [2.75, 3.05) is 0 Å². The van der Waals surface area contributed by atoms with Gasteiger partial charge in [-0.25, -0.2) is 8.78 Å². The summed E-state index contributed by atoms with van der Waals surface area (Å²) in [7, 11) is 0. The highest BCUT2D eigenvalue weighted by Crippen LogP contribution is 2.39. The lowest BCUT2D eigenvalue weighted by Gasteiger charge is -2.10. The van der Waals surface area contributed by atoms with Crippen LogP contribution in [0.25, 0.3) is 0 Å². The Morgan fingerprint density at radius 2 is 2.33 bits per heavy atom. The van der Waals surface area contributed by atoms with E-state index in [1.165, 1.54) is 0 Å². The summed E-state index contributed by atoms with van der Waals surface area (Å²) in [6.07, 6.45) is 4.40. The monoisotopic (exact) mass is 257 g/mol. The first-order valence-electron chi connectivity index (χ1n) is 6.57. The van der Waals surface area contributed by atoms with Gasteiger partial charge in [-0.15, -0.1) is 0 Å². The van der Waals surface area contributed by atoms with E-state index in [1.54, 1.807) is 4.68 Å². The molecule has 2 rings (SSSR count). The second-order valence-electron chi connectivity index (χ2n) is 5.57. The van der Waals surface area contributed by atoms with E-state index in [0.717, 1.165) is 12.1 Å². The van der Waals surface area contributed by atoms with E-state index in [2.05, 4.69) is 24.3 Å². The maximum atomic E-state index is 13.1. The summed E-state index contributed by atoms with van der Waals surface area (Å²) < 4.78 is 27.9. The quantitative estimate of drug-likeness (QED) is 0.879. The van der Waals surface area contributed by atoms with Crippen molar-refractivity contribution in [1.82, 2.24) is 15.1 Å². The van der Waals surface area contributed by atoms with Gasteiger partial charge in [-0.3, -0.25) is 4.68 Å². The van der Waals surface area contributed by atoms with Gasteiger partial charge in [0.15, 0.2) is 0 Å². The Morgan fingerprint density at radius 1 is 1.56 bits per heavy atom. The summed E-state index contributed by atoms with van der Waals surface area (Å²) in [5, 5.41) is 7.55. The molecule has 1 aromatic heterocycles. The van der Waals surface area contributed by atoms with Crippen molar-refractivity contribution in [3.05, 3.63) is 18.0 Å². The first-order valence-corrected chi connectivity index (χ1v) is 6.57. The van der Waals surface area contributed by atoms with Crippen LogP contribution in [-0.4, -0.2) is 21.7 Å². The van der Waals surface area contributed by atoms with Crippen LogP contribution in [0, 0.1) is 5.92 Å². The summed E-state index contributed by atoms with van der Waals surface area (Å²) >= 11 is 0. The number of hydrogen-bond donors (Lipinski definition) is 1. The SMILES string of the molecule is CC(C)NCc1cnn(CC2CCC(F)(F)C2)c1. The van der Waals surface area contributed by atoms with Crippen LogP contribution in [-0.2, 0) is 13.1 Å². The van der Waals surface area contributed by atoms with Gasteiger partial charge in [0.25, 0.3) is 0 Å². The molecule has 1 N–H and O–H groups in total. The fourth-order valence-corrected chi connectivity index (χ4v) is 2.38. The third-order valence-electron chi connectivity index (χ3n) is 3.35. The summed E-state index contributed by atoms with van der Waals surface area (Å²) in [6.45, 7) is 5.56. The van der Waals surface area contributed by atoms with Crippen molar-refractivity contribution in [3.63, 3.8) is 0 Å². The van der Waals surface area contributed by atoms with Crippen molar-refractivity contribution in [3.8, 4) is 0 Å². The van der Waals surface area contributed by atoms with Gasteiger partial charge in [0, 0.05) is 43.7 Å². The van der Waals surface area contributed by atoms with Crippen LogP contribution in [0.4, 0.5) is 8.78 Å². The fourth-order valence-electron chi connectivity index (χ4n) is 2.38. The second-order valence-corrected chi connectivity index (χ2v) is 5.57. The molecule has 0 amide bonds. The van der Waals surface area contributed by atoms with Crippen LogP contribution in [0.1, 0.15) is 38.7 Å². The van der Waals surface area contributed by atoms with Crippen LogP contribution in [0.15, 0.2) is 12.4 Å². The molecule has 0 radical (unpaired) electrons. The molecule has 0 spiro atoms. The minimum absolute atomic E-state index is 0.00639. The molecule has 18 heavy (non-hydrogen) atoms. The highest BCUT2D eigenvalue weighted by molar-refractivity contribution is 5.03. The maximum Gasteiger partial charge on any atom is 0.248 e. The topological polar surface area (TPSA) is 29.9 Å². The van der Waals surface area contributed by atoms with Crippen LogP contribution in [0.5, 0.6) is 0 Å². The van der Waals surface area contributed by atoms with Crippen molar-refractivity contribution in [2.45, 2.75) is 58.2 Å².